The van der Waals surface area contributed by atoms with Gasteiger partial charge in [-0.25, -0.2) is 9.97 Å². The van der Waals surface area contributed by atoms with Crippen molar-refractivity contribution >= 4 is 28.9 Å². The van der Waals surface area contributed by atoms with E-state index in [2.05, 4.69) is 16.5 Å². The Labute approximate surface area is 224 Å². The molecular formula is C29H27N7O3. The molecule has 2 bridgehead atoms. The number of fused-ring (bicyclic) bond motifs is 3. The first kappa shape index (κ1) is 24.5. The van der Waals surface area contributed by atoms with Crippen LogP contribution in [0, 0.1) is 0 Å². The average Bonchev–Trinajstić information content (AvgIpc) is 3.65. The van der Waals surface area contributed by atoms with Crippen LogP contribution >= 0.6 is 0 Å². The van der Waals surface area contributed by atoms with Crippen LogP contribution < -0.4 is 5.73 Å². The number of likely N-dealkylation sites (tertiary alicyclic amines) is 2. The first-order valence-corrected chi connectivity index (χ1v) is 12.7. The molecule has 10 nitrogen and oxygen atoms in total. The third kappa shape index (κ3) is 4.04. The van der Waals surface area contributed by atoms with Gasteiger partial charge in [-0.05, 0) is 24.6 Å². The molecule has 0 spiro atoms. The number of rotatable bonds is 6. The molecule has 2 N–H and O–H groups in total. The van der Waals surface area contributed by atoms with Crippen molar-refractivity contribution in [1.82, 2.24) is 29.2 Å². The number of nitrogens with zero attached hydrogens (tertiary/aromatic N) is 6. The summed E-state index contributed by atoms with van der Waals surface area (Å²) < 4.78 is 1.85. The fourth-order valence-electron chi connectivity index (χ4n) is 5.92. The van der Waals surface area contributed by atoms with Gasteiger partial charge in [0.1, 0.15) is 28.9 Å². The summed E-state index contributed by atoms with van der Waals surface area (Å²) in [6.45, 7) is 5.73. The molecule has 0 radical (unpaired) electrons. The lowest BCUT2D eigenvalue weighted by Crippen LogP contribution is -2.52. The van der Waals surface area contributed by atoms with Crippen molar-refractivity contribution in [2.45, 2.75) is 37.9 Å². The van der Waals surface area contributed by atoms with Crippen LogP contribution in [0.2, 0.25) is 0 Å². The average molecular weight is 522 g/mol. The van der Waals surface area contributed by atoms with Crippen molar-refractivity contribution in [3.8, 4) is 11.3 Å². The fraction of sp³-hybridized carbons (Fsp3) is 0.241. The predicted octanol–water partition coefficient (Wildman–Crippen LogP) is 2.86. The van der Waals surface area contributed by atoms with Crippen LogP contribution in [0.3, 0.4) is 0 Å². The second-order valence-electron chi connectivity index (χ2n) is 9.87. The van der Waals surface area contributed by atoms with Crippen LogP contribution in [-0.4, -0.2) is 65.4 Å². The Morgan fingerprint density at radius 1 is 1.10 bits per heavy atom. The number of nitrogen functional groups attached to an aromatic ring is 1. The predicted molar refractivity (Wildman–Crippen MR) is 144 cm³/mol. The molecule has 39 heavy (non-hydrogen) atoms. The lowest BCUT2D eigenvalue weighted by Gasteiger charge is -2.39. The summed E-state index contributed by atoms with van der Waals surface area (Å²) in [6.07, 6.45) is 7.20. The van der Waals surface area contributed by atoms with Crippen LogP contribution in [0.1, 0.15) is 41.3 Å². The maximum absolute atomic E-state index is 13.0. The minimum Gasteiger partial charge on any atom is -0.382 e. The van der Waals surface area contributed by atoms with Crippen molar-refractivity contribution in [3.05, 3.63) is 90.8 Å². The van der Waals surface area contributed by atoms with Crippen molar-refractivity contribution in [3.63, 3.8) is 0 Å². The number of piperazine rings is 1. The van der Waals surface area contributed by atoms with Crippen molar-refractivity contribution in [2.75, 3.05) is 12.3 Å². The number of aromatic nitrogens is 4. The molecule has 2 fully saturated rings. The van der Waals surface area contributed by atoms with Gasteiger partial charge in [-0.15, -0.1) is 0 Å². The number of hydrogen-bond acceptors (Lipinski definition) is 7. The molecule has 4 aromatic rings. The van der Waals surface area contributed by atoms with Crippen molar-refractivity contribution in [2.24, 2.45) is 0 Å². The van der Waals surface area contributed by atoms with Crippen LogP contribution in [-0.2, 0) is 16.0 Å². The maximum Gasteiger partial charge on any atom is 0.246 e. The quantitative estimate of drug-likeness (QED) is 0.305. The molecule has 5 heterocycles. The number of nitrogens with two attached hydrogens (primary N) is 1. The van der Waals surface area contributed by atoms with Gasteiger partial charge in [0.15, 0.2) is 5.78 Å². The van der Waals surface area contributed by atoms with Gasteiger partial charge in [0.2, 0.25) is 11.8 Å². The number of anilines is 1. The number of Topliss-reactive ketones (excluding diaryl/α,β-unsaturated/α-hetero) is 1. The number of hydrogen-bond donors (Lipinski definition) is 1. The van der Waals surface area contributed by atoms with E-state index in [1.807, 2.05) is 39.6 Å². The number of carbonyl (C=O) groups is 3. The van der Waals surface area contributed by atoms with Crippen LogP contribution in [0.5, 0.6) is 0 Å². The molecule has 2 aliphatic rings. The number of pyridine rings is 1. The van der Waals surface area contributed by atoms with E-state index in [9.17, 15) is 14.4 Å². The minimum absolute atomic E-state index is 0.0357. The molecule has 2 saturated heterocycles. The Kier molecular flexibility index (Phi) is 5.94. The van der Waals surface area contributed by atoms with Gasteiger partial charge < -0.3 is 15.5 Å². The summed E-state index contributed by atoms with van der Waals surface area (Å²) >= 11 is 0. The highest BCUT2D eigenvalue weighted by Gasteiger charge is 2.54. The molecule has 0 aliphatic carbocycles. The van der Waals surface area contributed by atoms with Crippen LogP contribution in [0.4, 0.5) is 5.82 Å². The SMILES string of the molecule is C=CC(=O)N1C2C[C@@H](C1c1nc(-c3ccc(C(=O)Cc4ccccn4)cc3)c3c(N)nccn13)N(C(C)=O)C2. The maximum atomic E-state index is 13.0. The van der Waals surface area contributed by atoms with E-state index in [1.165, 1.54) is 6.08 Å². The summed E-state index contributed by atoms with van der Waals surface area (Å²) in [7, 11) is 0. The van der Waals surface area contributed by atoms with Crippen molar-refractivity contribution in [1.29, 1.82) is 0 Å². The van der Waals surface area contributed by atoms with Crippen molar-refractivity contribution < 1.29 is 14.4 Å². The molecule has 2 aliphatic heterocycles. The highest BCUT2D eigenvalue weighted by atomic mass is 16.2. The van der Waals surface area contributed by atoms with E-state index in [4.69, 9.17) is 10.7 Å². The Balaban J connectivity index is 1.41. The van der Waals surface area contributed by atoms with E-state index in [-0.39, 0.29) is 41.9 Å². The number of imidazole rings is 1. The smallest absolute Gasteiger partial charge is 0.246 e. The summed E-state index contributed by atoms with van der Waals surface area (Å²) in [5.74, 6) is 0.604. The van der Waals surface area contributed by atoms with E-state index in [0.29, 0.717) is 41.3 Å². The fourth-order valence-corrected chi connectivity index (χ4v) is 5.92. The van der Waals surface area contributed by atoms with Gasteiger partial charge in [-0.1, -0.05) is 36.9 Å². The standard InChI is InChI=1S/C29H27N7O3/c1-3-24(39)36-21-15-22(35(16-21)17(2)37)26(36)29-33-25(27-28(30)32-12-13-34(27)29)19-9-7-18(8-10-19)23(38)14-20-6-4-5-11-31-20/h3-13,21-22,26H,1,14-16H2,2H3,(H2,30,32)/t21?,22-,26?/m0/s1. The number of ketones is 1. The van der Waals surface area contributed by atoms with E-state index < -0.39 is 6.04 Å². The highest BCUT2D eigenvalue weighted by Crippen LogP contribution is 2.45. The molecule has 6 rings (SSSR count). The van der Waals surface area contributed by atoms with Gasteiger partial charge in [-0.2, -0.15) is 0 Å². The first-order chi connectivity index (χ1) is 18.9. The summed E-state index contributed by atoms with van der Waals surface area (Å²) in [6, 6.07) is 11.9. The molecule has 3 aromatic heterocycles. The van der Waals surface area contributed by atoms with Gasteiger partial charge in [0, 0.05) is 48.9 Å². The second kappa shape index (κ2) is 9.46. The molecule has 196 valence electrons. The topological polar surface area (TPSA) is 127 Å². The Bertz CT molecular complexity index is 1610. The minimum atomic E-state index is -0.472. The second-order valence-corrected chi connectivity index (χ2v) is 9.87. The first-order valence-electron chi connectivity index (χ1n) is 12.7. The molecule has 3 atom stereocenters. The summed E-state index contributed by atoms with van der Waals surface area (Å²) in [4.78, 5) is 55.3. The third-order valence-corrected chi connectivity index (χ3v) is 7.64. The van der Waals surface area contributed by atoms with Crippen LogP contribution in [0.25, 0.3) is 16.8 Å². The summed E-state index contributed by atoms with van der Waals surface area (Å²) in [5, 5.41) is 0. The zero-order valence-corrected chi connectivity index (χ0v) is 21.4. The number of amides is 2. The largest absolute Gasteiger partial charge is 0.382 e. The molecule has 1 aromatic carbocycles. The third-order valence-electron chi connectivity index (χ3n) is 7.64. The molecule has 10 heteroatoms. The monoisotopic (exact) mass is 521 g/mol. The van der Waals surface area contributed by atoms with Gasteiger partial charge in [0.05, 0.1) is 18.5 Å². The van der Waals surface area contributed by atoms with Gasteiger partial charge in [0.25, 0.3) is 0 Å². The van der Waals surface area contributed by atoms with E-state index in [0.717, 1.165) is 5.56 Å². The molecular weight excluding hydrogens is 494 g/mol. The Morgan fingerprint density at radius 2 is 1.90 bits per heavy atom. The van der Waals surface area contributed by atoms with E-state index >= 15 is 0 Å². The molecule has 0 saturated carbocycles. The van der Waals surface area contributed by atoms with E-state index in [1.54, 1.807) is 42.5 Å². The number of carbonyl (C=O) groups excluding carboxylic acids is 3. The lowest BCUT2D eigenvalue weighted by molar-refractivity contribution is -0.139. The normalized spacial score (nSPS) is 20.0. The Morgan fingerprint density at radius 3 is 2.59 bits per heavy atom. The molecule has 2 unspecified atom stereocenters. The zero-order valence-electron chi connectivity index (χ0n) is 21.4. The highest BCUT2D eigenvalue weighted by molar-refractivity contribution is 5.98. The van der Waals surface area contributed by atoms with Gasteiger partial charge in [-0.3, -0.25) is 23.8 Å². The lowest BCUT2D eigenvalue weighted by atomic mass is 10.0. The van der Waals surface area contributed by atoms with Gasteiger partial charge >= 0.3 is 0 Å². The van der Waals surface area contributed by atoms with Crippen LogP contribution in [0.15, 0.2) is 73.7 Å². The molecule has 2 amide bonds. The number of benzene rings is 1. The summed E-state index contributed by atoms with van der Waals surface area (Å²) in [5.41, 5.74) is 9.55. The Hall–Kier alpha value is -4.86. The zero-order chi connectivity index (χ0) is 27.3.